The Morgan fingerprint density at radius 1 is 0.281 bits per heavy atom. The number of anilines is 6. The van der Waals surface area contributed by atoms with Crippen molar-refractivity contribution in [2.24, 2.45) is 0 Å². The van der Waals surface area contributed by atoms with Gasteiger partial charge < -0.3 is 30.2 Å². The second kappa shape index (κ2) is 26.7. The first-order valence-electron chi connectivity index (χ1n) is 18.3. The molecule has 6 nitrogen and oxygen atoms in total. The van der Waals surface area contributed by atoms with Crippen LogP contribution in [0.3, 0.4) is 0 Å². The molecule has 0 aromatic heterocycles. The van der Waals surface area contributed by atoms with Gasteiger partial charge >= 0.3 is 0 Å². The molecule has 0 saturated heterocycles. The van der Waals surface area contributed by atoms with Crippen LogP contribution in [0.1, 0.15) is 0 Å². The molecule has 0 aliphatic carbocycles. The second-order valence-electron chi connectivity index (χ2n) is 13.4. The van der Waals surface area contributed by atoms with Crippen LogP contribution < -0.4 is 30.2 Å². The van der Waals surface area contributed by atoms with E-state index in [9.17, 15) is 20.4 Å². The maximum atomic E-state index is 12.2. The van der Waals surface area contributed by atoms with E-state index in [0.29, 0.717) is 22.7 Å². The van der Waals surface area contributed by atoms with Gasteiger partial charge in [-0.2, -0.15) is 0 Å². The summed E-state index contributed by atoms with van der Waals surface area (Å²) in [6.07, 6.45) is 0. The van der Waals surface area contributed by atoms with E-state index in [1.807, 2.05) is 97.1 Å². The molecule has 7 rings (SSSR count). The van der Waals surface area contributed by atoms with Crippen LogP contribution in [0.15, 0.2) is 194 Å². The summed E-state index contributed by atoms with van der Waals surface area (Å²) >= 11 is 0. The Balaban J connectivity index is 0.000000292. The Morgan fingerprint density at radius 3 is 0.632 bits per heavy atom. The molecule has 57 heavy (non-hydrogen) atoms. The van der Waals surface area contributed by atoms with E-state index in [4.69, 9.17) is 0 Å². The van der Waals surface area contributed by atoms with Crippen LogP contribution in [0.25, 0.3) is 0 Å². The first kappa shape index (κ1) is 48.0. The molecule has 0 unspecified atom stereocenters. The average Bonchev–Trinajstić information content (AvgIpc) is 3.20. The van der Waals surface area contributed by atoms with E-state index in [1.165, 1.54) is 24.3 Å². The number of benzene rings is 7. The molecular formula is C48H52N2O4P2W-2. The fourth-order valence-electron chi connectivity index (χ4n) is 4.92. The fourth-order valence-corrected chi connectivity index (χ4v) is 4.92. The Bertz CT molecular complexity index is 1850. The van der Waals surface area contributed by atoms with Crippen molar-refractivity contribution in [3.8, 4) is 23.0 Å². The van der Waals surface area contributed by atoms with Gasteiger partial charge in [-0.1, -0.05) is 169 Å². The monoisotopic (exact) mass is 966 g/mol. The molecule has 0 bridgehead atoms. The smallest absolute Gasteiger partial charge is 0.0461 e. The summed E-state index contributed by atoms with van der Waals surface area (Å²) < 4.78 is 0. The Labute approximate surface area is 356 Å². The minimum absolute atomic E-state index is 0. The summed E-state index contributed by atoms with van der Waals surface area (Å²) in [5, 5.41) is 48.7. The maximum absolute atomic E-state index is 12.2. The zero-order chi connectivity index (χ0) is 40.7. The van der Waals surface area contributed by atoms with Crippen LogP contribution >= 0.6 is 15.8 Å². The topological polar surface area (TPSA) is 98.7 Å². The van der Waals surface area contributed by atoms with Crippen molar-refractivity contribution in [3.05, 3.63) is 194 Å². The molecule has 296 valence electrons. The molecule has 0 aliphatic rings. The standard InChI is InChI=1S/2C18H15NO2.C6H6.2C3H9P.W/c2*20-17-12-6-4-10-15(17)19(14-8-2-1-3-9-14)16-11-5-7-13-18(16)21;1-2-4-6-5-3-1;2*1-4(2)3;/h2*1-13,20-21H;1-6H;2*1-3H3;/p-2. The molecule has 9 heteroatoms. The minimum atomic E-state index is -0.121. The van der Waals surface area contributed by atoms with E-state index in [-0.39, 0.29) is 59.9 Å². The SMILES string of the molecule is C[PH+](C)C.C[PH+](C)C.[O-]c1ccccc1N(c1ccccc1)c1ccccc1[O-].[O-]c1ccccc1N(c1ccccc1)c1ccccc1[O-].[W].c1ccccc1. The number of para-hydroxylation sites is 10. The van der Waals surface area contributed by atoms with Gasteiger partial charge in [0.05, 0.1) is 0 Å². The molecule has 0 spiro atoms. The van der Waals surface area contributed by atoms with E-state index >= 15 is 0 Å². The third kappa shape index (κ3) is 16.9. The molecule has 7 aromatic carbocycles. The molecule has 0 fully saturated rings. The van der Waals surface area contributed by atoms with Crippen molar-refractivity contribution in [1.82, 2.24) is 0 Å². The summed E-state index contributed by atoms with van der Waals surface area (Å²) in [7, 11) is 0.241. The van der Waals surface area contributed by atoms with Crippen LogP contribution in [0.4, 0.5) is 34.1 Å². The van der Waals surface area contributed by atoms with E-state index in [0.717, 1.165) is 11.4 Å². The van der Waals surface area contributed by atoms with Crippen molar-refractivity contribution < 1.29 is 41.5 Å². The van der Waals surface area contributed by atoms with Gasteiger partial charge in [-0.15, -0.1) is 0 Å². The van der Waals surface area contributed by atoms with E-state index in [2.05, 4.69) is 40.0 Å². The second-order valence-corrected chi connectivity index (χ2v) is 19.4. The summed E-state index contributed by atoms with van der Waals surface area (Å²) in [6, 6.07) is 57.6. The summed E-state index contributed by atoms with van der Waals surface area (Å²) in [6.45, 7) is 13.6. The van der Waals surface area contributed by atoms with Crippen LogP contribution in [0.5, 0.6) is 23.0 Å². The Hall–Kier alpha value is -5.11. The van der Waals surface area contributed by atoms with Crippen LogP contribution in [-0.2, 0) is 21.1 Å². The van der Waals surface area contributed by atoms with Gasteiger partial charge in [-0.25, -0.2) is 0 Å². The first-order chi connectivity index (χ1) is 27.0. The van der Waals surface area contributed by atoms with Gasteiger partial charge in [-0.05, 0) is 64.4 Å². The number of hydrogen-bond acceptors (Lipinski definition) is 6. The molecule has 0 amide bonds. The molecule has 0 N–H and O–H groups in total. The number of rotatable bonds is 6. The molecule has 0 aliphatic heterocycles. The molecule has 0 radical (unpaired) electrons. The zero-order valence-electron chi connectivity index (χ0n) is 33.4. The van der Waals surface area contributed by atoms with Crippen LogP contribution in [0, 0.1) is 0 Å². The number of hydrogen-bond donors (Lipinski definition) is 0. The Morgan fingerprint density at radius 2 is 0.439 bits per heavy atom. The largest absolute Gasteiger partial charge is 0.871 e. The van der Waals surface area contributed by atoms with Gasteiger partial charge in [0.25, 0.3) is 0 Å². The summed E-state index contributed by atoms with van der Waals surface area (Å²) in [5.74, 6) is -0.483. The molecule has 0 atom stereocenters. The van der Waals surface area contributed by atoms with Gasteiger partial charge in [0.1, 0.15) is 0 Å². The van der Waals surface area contributed by atoms with Gasteiger partial charge in [0.15, 0.2) is 0 Å². The Kier molecular flexibility index (Phi) is 22.5. The van der Waals surface area contributed by atoms with Crippen molar-refractivity contribution in [2.45, 2.75) is 0 Å². The quantitative estimate of drug-likeness (QED) is 0.154. The maximum Gasteiger partial charge on any atom is 0.0461 e. The third-order valence-corrected chi connectivity index (χ3v) is 7.12. The first-order valence-corrected chi connectivity index (χ1v) is 24.3. The predicted molar refractivity (Wildman–Crippen MR) is 239 cm³/mol. The molecule has 7 aromatic rings. The van der Waals surface area contributed by atoms with E-state index in [1.54, 1.807) is 82.6 Å². The average molecular weight is 967 g/mol. The van der Waals surface area contributed by atoms with Gasteiger partial charge in [-0.3, -0.25) is 0 Å². The third-order valence-electron chi connectivity index (χ3n) is 7.12. The van der Waals surface area contributed by atoms with Gasteiger partial charge in [0, 0.05) is 95.2 Å². The zero-order valence-corrected chi connectivity index (χ0v) is 38.3. The normalized spacial score (nSPS) is 9.68. The predicted octanol–water partition coefficient (Wildman–Crippen LogP) is 10.5. The summed E-state index contributed by atoms with van der Waals surface area (Å²) in [4.78, 5) is 3.40. The summed E-state index contributed by atoms with van der Waals surface area (Å²) in [5.41, 5.74) is 3.42. The molecular weight excluding hydrogens is 914 g/mol. The van der Waals surface area contributed by atoms with Crippen LogP contribution in [-0.4, -0.2) is 40.0 Å². The van der Waals surface area contributed by atoms with Crippen molar-refractivity contribution in [2.75, 3.05) is 49.8 Å². The van der Waals surface area contributed by atoms with Crippen molar-refractivity contribution in [3.63, 3.8) is 0 Å². The van der Waals surface area contributed by atoms with Crippen LogP contribution in [0.2, 0.25) is 0 Å². The number of nitrogens with zero attached hydrogens (tertiary/aromatic N) is 2. The van der Waals surface area contributed by atoms with E-state index < -0.39 is 0 Å². The van der Waals surface area contributed by atoms with Crippen molar-refractivity contribution >= 4 is 50.0 Å². The van der Waals surface area contributed by atoms with Gasteiger partial charge in [0.2, 0.25) is 0 Å². The molecule has 0 saturated carbocycles. The van der Waals surface area contributed by atoms with Crippen molar-refractivity contribution in [1.29, 1.82) is 0 Å². The molecule has 0 heterocycles. The minimum Gasteiger partial charge on any atom is -0.871 e. The fraction of sp³-hybridized carbons (Fsp3) is 0.125.